The molecule has 1 heterocycles. The molecule has 0 bridgehead atoms. The van der Waals surface area contributed by atoms with Gasteiger partial charge >= 0.3 is 0 Å². The Hall–Kier alpha value is -4.42. The van der Waals surface area contributed by atoms with Crippen molar-refractivity contribution in [2.45, 2.75) is 31.0 Å². The molecule has 1 aromatic carbocycles. The molecule has 0 saturated heterocycles. The predicted octanol–water partition coefficient (Wildman–Crippen LogP) is 1.19. The van der Waals surface area contributed by atoms with Crippen LogP contribution in [0.15, 0.2) is 53.1 Å². The van der Waals surface area contributed by atoms with Gasteiger partial charge in [0.15, 0.2) is 11.4 Å². The quantitative estimate of drug-likeness (QED) is 0.277. The number of aromatic nitrogens is 1. The number of nitrogens with zero attached hydrogens (tertiary/aromatic N) is 3. The number of amides is 1. The Bertz CT molecular complexity index is 1530. The van der Waals surface area contributed by atoms with E-state index in [9.17, 15) is 34.8 Å². The third-order valence-corrected chi connectivity index (χ3v) is 8.38. The average molecular weight is 564 g/mol. The van der Waals surface area contributed by atoms with E-state index in [4.69, 9.17) is 5.73 Å². The lowest BCUT2D eigenvalue weighted by Crippen LogP contribution is -2.63. The van der Waals surface area contributed by atoms with Crippen LogP contribution in [-0.4, -0.2) is 87.6 Å². The number of ketones is 2. The molecule has 0 aliphatic heterocycles. The van der Waals surface area contributed by atoms with Crippen molar-refractivity contribution in [3.63, 3.8) is 0 Å². The van der Waals surface area contributed by atoms with Crippen LogP contribution >= 0.6 is 0 Å². The lowest BCUT2D eigenvalue weighted by molar-refractivity contribution is -0.148. The van der Waals surface area contributed by atoms with E-state index < -0.39 is 58.0 Å². The van der Waals surface area contributed by atoms with Crippen LogP contribution in [0.1, 0.15) is 27.9 Å². The highest BCUT2D eigenvalue weighted by Gasteiger charge is 2.63. The first-order valence-corrected chi connectivity index (χ1v) is 13.1. The van der Waals surface area contributed by atoms with Crippen molar-refractivity contribution < 1.29 is 34.8 Å². The molecule has 1 amide bonds. The molecule has 7 N–H and O–H groups in total. The molecule has 0 fully saturated rings. The molecule has 4 atom stereocenters. The molecule has 3 aliphatic carbocycles. The zero-order chi connectivity index (χ0) is 30.0. The zero-order valence-electron chi connectivity index (χ0n) is 23.2. The monoisotopic (exact) mass is 563 g/mol. The van der Waals surface area contributed by atoms with Crippen molar-refractivity contribution >= 4 is 29.0 Å². The zero-order valence-corrected chi connectivity index (χ0v) is 23.2. The molecule has 216 valence electrons. The number of likely N-dealkylation sites (N-methyl/N-ethyl adjacent to an activating group) is 1. The van der Waals surface area contributed by atoms with Gasteiger partial charge in [-0.15, -0.1) is 0 Å². The van der Waals surface area contributed by atoms with E-state index in [0.717, 1.165) is 0 Å². The molecule has 0 radical (unpaired) electrons. The number of hydrogen-bond acceptors (Lipinski definition) is 11. The van der Waals surface area contributed by atoms with Crippen LogP contribution in [0.25, 0.3) is 0 Å². The molecule has 0 spiro atoms. The standard InChI is InChI=1S/C29H33N5O7/c1-33(2)17-11-14(12-32-18-7-5-6-8-31-18)23(35)20-15(17)9-13-10-16-22(34(3)4)25(37)21(28(30)40)27(39)29(16,41)26(38)19(13)24(20)36/h5-8,11,13,16,22,35,37-38,41H,9-10,12H2,1-4H3,(H2,30,40)(H,31,32)/t13-,16-,22-,29-/m1/s1. The smallest absolute Gasteiger partial charge is 0.255 e. The summed E-state index contributed by atoms with van der Waals surface area (Å²) in [5.74, 6) is -6.18. The third-order valence-electron chi connectivity index (χ3n) is 8.38. The number of nitrogens with two attached hydrogens (primary N) is 1. The highest BCUT2D eigenvalue weighted by Crippen LogP contribution is 2.53. The number of carbonyl (C=O) groups excluding carboxylic acids is 3. The molecule has 12 nitrogen and oxygen atoms in total. The van der Waals surface area contributed by atoms with E-state index in [1.165, 1.54) is 4.90 Å². The molecule has 0 saturated carbocycles. The first kappa shape index (κ1) is 28.1. The Morgan fingerprint density at radius 1 is 1.17 bits per heavy atom. The Morgan fingerprint density at radius 3 is 2.46 bits per heavy atom. The Balaban J connectivity index is 1.66. The Kier molecular flexibility index (Phi) is 6.79. The number of anilines is 2. The second kappa shape index (κ2) is 9.89. The van der Waals surface area contributed by atoms with Crippen LogP contribution in [0.2, 0.25) is 0 Å². The highest BCUT2D eigenvalue weighted by atomic mass is 16.3. The minimum atomic E-state index is -2.68. The maximum atomic E-state index is 14.1. The number of rotatable bonds is 6. The summed E-state index contributed by atoms with van der Waals surface area (Å²) in [5.41, 5.74) is 3.31. The molecule has 0 unspecified atom stereocenters. The number of primary amides is 1. The van der Waals surface area contributed by atoms with Gasteiger partial charge in [-0.3, -0.25) is 19.3 Å². The van der Waals surface area contributed by atoms with Gasteiger partial charge in [0, 0.05) is 49.6 Å². The van der Waals surface area contributed by atoms with Crippen molar-refractivity contribution in [1.29, 1.82) is 0 Å². The van der Waals surface area contributed by atoms with E-state index in [-0.39, 0.29) is 36.3 Å². The second-order valence-corrected chi connectivity index (χ2v) is 11.2. The summed E-state index contributed by atoms with van der Waals surface area (Å²) in [7, 11) is 6.81. The second-order valence-electron chi connectivity index (χ2n) is 11.2. The number of allylic oxidation sites excluding steroid dienone is 1. The van der Waals surface area contributed by atoms with Gasteiger partial charge in [-0.2, -0.15) is 0 Å². The number of fused-ring (bicyclic) bond motifs is 3. The summed E-state index contributed by atoms with van der Waals surface area (Å²) in [5, 5.41) is 48.6. The number of nitrogens with one attached hydrogen (secondary N) is 1. The molecule has 12 heteroatoms. The minimum absolute atomic E-state index is 0.0301. The maximum absolute atomic E-state index is 14.1. The van der Waals surface area contributed by atoms with Gasteiger partial charge in [-0.25, -0.2) is 4.98 Å². The number of hydrogen-bond donors (Lipinski definition) is 6. The van der Waals surface area contributed by atoms with Crippen molar-refractivity contribution in [1.82, 2.24) is 9.88 Å². The Morgan fingerprint density at radius 2 is 1.88 bits per heavy atom. The van der Waals surface area contributed by atoms with Gasteiger partial charge < -0.3 is 36.4 Å². The van der Waals surface area contributed by atoms with Gasteiger partial charge in [-0.05, 0) is 56.6 Å². The first-order chi connectivity index (χ1) is 19.3. The molecule has 3 aliphatic rings. The lowest BCUT2D eigenvalue weighted by atomic mass is 9.58. The maximum Gasteiger partial charge on any atom is 0.255 e. The predicted molar refractivity (Wildman–Crippen MR) is 150 cm³/mol. The minimum Gasteiger partial charge on any atom is -0.510 e. The number of phenolic OH excluding ortho intramolecular Hbond substituents is 1. The van der Waals surface area contributed by atoms with E-state index in [1.807, 2.05) is 19.0 Å². The van der Waals surface area contributed by atoms with Gasteiger partial charge in [0.05, 0.1) is 11.6 Å². The average Bonchev–Trinajstić information content (AvgIpc) is 2.90. The fourth-order valence-electron chi connectivity index (χ4n) is 6.54. The summed E-state index contributed by atoms with van der Waals surface area (Å²) in [6, 6.07) is 6.08. The number of aliphatic hydroxyl groups is 3. The van der Waals surface area contributed by atoms with Crippen LogP contribution in [0, 0.1) is 11.8 Å². The van der Waals surface area contributed by atoms with Gasteiger partial charge in [0.25, 0.3) is 5.91 Å². The lowest BCUT2D eigenvalue weighted by Gasteiger charge is -2.50. The number of Topliss-reactive ketones (excluding diaryl/α,β-unsaturated/α-hetero) is 2. The molecule has 5 rings (SSSR count). The van der Waals surface area contributed by atoms with E-state index in [1.54, 1.807) is 44.6 Å². The summed E-state index contributed by atoms with van der Waals surface area (Å²) >= 11 is 0. The fourth-order valence-corrected chi connectivity index (χ4v) is 6.54. The number of aliphatic hydroxyl groups excluding tert-OH is 2. The number of pyridine rings is 1. The largest absolute Gasteiger partial charge is 0.510 e. The Labute approximate surface area is 236 Å². The van der Waals surface area contributed by atoms with E-state index in [2.05, 4.69) is 10.3 Å². The van der Waals surface area contributed by atoms with Crippen LogP contribution < -0.4 is 16.0 Å². The van der Waals surface area contributed by atoms with Gasteiger partial charge in [0.2, 0.25) is 5.78 Å². The topological polar surface area (TPSA) is 190 Å². The van der Waals surface area contributed by atoms with Crippen molar-refractivity contribution in [3.8, 4) is 5.75 Å². The normalized spacial score (nSPS) is 25.6. The molecule has 41 heavy (non-hydrogen) atoms. The SMILES string of the molecule is CN(C)c1cc(CNc2ccccn2)c(O)c2c1C[C@@H]1C[C@@H]3[C@@H](N(C)C)C(O)=C(C(N)=O)C(=O)[C@]3(O)C(O)=C1C2=O. The van der Waals surface area contributed by atoms with Crippen LogP contribution in [0.3, 0.4) is 0 Å². The third kappa shape index (κ3) is 4.13. The van der Waals surface area contributed by atoms with Gasteiger partial charge in [0.1, 0.15) is 28.7 Å². The van der Waals surface area contributed by atoms with E-state index in [0.29, 0.717) is 22.6 Å². The number of phenols is 1. The summed E-state index contributed by atoms with van der Waals surface area (Å²) in [6.45, 7) is 0.139. The van der Waals surface area contributed by atoms with Crippen molar-refractivity contribution in [2.24, 2.45) is 17.6 Å². The van der Waals surface area contributed by atoms with Crippen LogP contribution in [0.5, 0.6) is 5.75 Å². The fraction of sp³-hybridized carbons (Fsp3) is 0.379. The molecular formula is C29H33N5O7. The summed E-state index contributed by atoms with van der Waals surface area (Å²) < 4.78 is 0. The van der Waals surface area contributed by atoms with Gasteiger partial charge in [-0.1, -0.05) is 6.07 Å². The molecule has 1 aromatic heterocycles. The highest BCUT2D eigenvalue weighted by molar-refractivity contribution is 6.25. The van der Waals surface area contributed by atoms with Crippen molar-refractivity contribution in [3.05, 3.63) is 69.8 Å². The van der Waals surface area contributed by atoms with Crippen LogP contribution in [-0.2, 0) is 22.6 Å². The first-order valence-electron chi connectivity index (χ1n) is 13.1. The number of aromatic hydroxyl groups is 1. The van der Waals surface area contributed by atoms with Crippen LogP contribution in [0.4, 0.5) is 11.5 Å². The summed E-state index contributed by atoms with van der Waals surface area (Å²) in [6.07, 6.45) is 1.86. The number of benzene rings is 1. The van der Waals surface area contributed by atoms with Crippen molar-refractivity contribution in [2.75, 3.05) is 38.4 Å². The molecular weight excluding hydrogens is 530 g/mol. The number of carbonyl (C=O) groups is 3. The molecule has 2 aromatic rings. The summed E-state index contributed by atoms with van der Waals surface area (Å²) in [4.78, 5) is 47.3. The van der Waals surface area contributed by atoms with E-state index >= 15 is 0 Å².